The second-order valence-electron chi connectivity index (χ2n) is 5.72. The van der Waals surface area contributed by atoms with Crippen molar-refractivity contribution in [1.29, 1.82) is 0 Å². The molecule has 2 N–H and O–H groups in total. The van der Waals surface area contributed by atoms with E-state index in [1.165, 1.54) is 0 Å². The van der Waals surface area contributed by atoms with Crippen LogP contribution in [0.5, 0.6) is 5.75 Å². The molecule has 0 unspecified atom stereocenters. The molecule has 3 heterocycles. The fraction of sp³-hybridized carbons (Fsp3) is 0.222. The minimum atomic E-state index is 0.0855. The van der Waals surface area contributed by atoms with Gasteiger partial charge in [-0.15, -0.1) is 0 Å². The lowest BCUT2D eigenvalue weighted by molar-refractivity contribution is 0.299. The Labute approximate surface area is 149 Å². The summed E-state index contributed by atoms with van der Waals surface area (Å²) >= 11 is 0. The monoisotopic (exact) mass is 350 g/mol. The Bertz CT molecular complexity index is 1040. The van der Waals surface area contributed by atoms with Crippen molar-refractivity contribution in [2.45, 2.75) is 13.3 Å². The number of hydrogen-bond acceptors (Lipinski definition) is 6. The van der Waals surface area contributed by atoms with E-state index in [-0.39, 0.29) is 6.61 Å². The van der Waals surface area contributed by atoms with Gasteiger partial charge in [0.2, 0.25) is 0 Å². The van der Waals surface area contributed by atoms with Crippen LogP contribution in [0.3, 0.4) is 0 Å². The second-order valence-corrected chi connectivity index (χ2v) is 5.72. The van der Waals surface area contributed by atoms with E-state index >= 15 is 0 Å². The van der Waals surface area contributed by atoms with Crippen molar-refractivity contribution in [3.63, 3.8) is 0 Å². The quantitative estimate of drug-likeness (QED) is 0.552. The average molecular weight is 350 g/mol. The molecular formula is C18H18N6O2. The molecule has 0 spiro atoms. The molecule has 1 aromatic carbocycles. The Balaban J connectivity index is 1.74. The van der Waals surface area contributed by atoms with E-state index in [4.69, 9.17) is 9.84 Å². The van der Waals surface area contributed by atoms with Gasteiger partial charge in [-0.3, -0.25) is 5.10 Å². The highest BCUT2D eigenvalue weighted by Gasteiger charge is 2.13. The van der Waals surface area contributed by atoms with E-state index in [9.17, 15) is 0 Å². The fourth-order valence-electron chi connectivity index (χ4n) is 2.75. The third-order valence-corrected chi connectivity index (χ3v) is 3.97. The molecular weight excluding hydrogens is 332 g/mol. The molecule has 0 bridgehead atoms. The lowest BCUT2D eigenvalue weighted by Crippen LogP contribution is -2.01. The third-order valence-electron chi connectivity index (χ3n) is 3.97. The number of aliphatic hydroxyl groups is 1. The third kappa shape index (κ3) is 3.02. The topological polar surface area (TPSA) is 102 Å². The van der Waals surface area contributed by atoms with Crippen LogP contribution in [-0.2, 0) is 6.42 Å². The van der Waals surface area contributed by atoms with Crippen molar-refractivity contribution in [1.82, 2.24) is 29.9 Å². The molecule has 0 aliphatic heterocycles. The van der Waals surface area contributed by atoms with E-state index < -0.39 is 0 Å². The van der Waals surface area contributed by atoms with E-state index in [0.717, 1.165) is 22.2 Å². The SMILES string of the molecule is CCOc1ccc2[nH]nc(-c3nccc(-n4cc(CCO)cn4)n3)c2c1. The minimum Gasteiger partial charge on any atom is -0.494 e. The summed E-state index contributed by atoms with van der Waals surface area (Å²) in [7, 11) is 0. The molecule has 0 saturated carbocycles. The number of rotatable bonds is 6. The van der Waals surface area contributed by atoms with E-state index in [2.05, 4.69) is 25.3 Å². The molecule has 0 aliphatic rings. The molecule has 0 amide bonds. The first-order valence-corrected chi connectivity index (χ1v) is 8.37. The predicted octanol–water partition coefficient (Wildman–Crippen LogP) is 2.14. The van der Waals surface area contributed by atoms with Gasteiger partial charge in [-0.05, 0) is 37.1 Å². The van der Waals surface area contributed by atoms with E-state index in [1.807, 2.05) is 31.3 Å². The Morgan fingerprint density at radius 1 is 1.27 bits per heavy atom. The molecule has 3 aromatic heterocycles. The summed E-state index contributed by atoms with van der Waals surface area (Å²) in [4.78, 5) is 8.95. The van der Waals surface area contributed by atoms with Gasteiger partial charge in [0, 0.05) is 30.5 Å². The Kier molecular flexibility index (Phi) is 4.32. The van der Waals surface area contributed by atoms with Gasteiger partial charge in [-0.25, -0.2) is 14.6 Å². The summed E-state index contributed by atoms with van der Waals surface area (Å²) in [6.45, 7) is 2.63. The van der Waals surface area contributed by atoms with Crippen molar-refractivity contribution >= 4 is 10.9 Å². The minimum absolute atomic E-state index is 0.0855. The molecule has 26 heavy (non-hydrogen) atoms. The summed E-state index contributed by atoms with van der Waals surface area (Å²) < 4.78 is 7.24. The first-order valence-electron chi connectivity index (χ1n) is 8.37. The van der Waals surface area contributed by atoms with E-state index in [1.54, 1.807) is 23.1 Å². The van der Waals surface area contributed by atoms with Crippen LogP contribution in [0, 0.1) is 0 Å². The molecule has 8 heteroatoms. The normalized spacial score (nSPS) is 11.2. The van der Waals surface area contributed by atoms with Crippen LogP contribution in [0.2, 0.25) is 0 Å². The van der Waals surface area contributed by atoms with Gasteiger partial charge in [0.15, 0.2) is 11.6 Å². The number of H-pyrrole nitrogens is 1. The maximum atomic E-state index is 9.05. The molecule has 4 rings (SSSR count). The van der Waals surface area contributed by atoms with Gasteiger partial charge in [0.1, 0.15) is 11.4 Å². The number of fused-ring (bicyclic) bond motifs is 1. The summed E-state index contributed by atoms with van der Waals surface area (Å²) in [5, 5.41) is 21.6. The molecule has 4 aromatic rings. The van der Waals surface area contributed by atoms with Crippen molar-refractivity contribution in [2.75, 3.05) is 13.2 Å². The molecule has 0 atom stereocenters. The summed E-state index contributed by atoms with van der Waals surface area (Å²) in [5.74, 6) is 1.91. The highest BCUT2D eigenvalue weighted by atomic mass is 16.5. The standard InChI is InChI=1S/C18H18N6O2/c1-2-26-13-3-4-15-14(9-13)17(23-22-15)18-19-7-5-16(21-18)24-11-12(6-8-25)10-20-24/h3-5,7,9-11,25H,2,6,8H2,1H3,(H,22,23). The van der Waals surface area contributed by atoms with Gasteiger partial charge >= 0.3 is 0 Å². The maximum Gasteiger partial charge on any atom is 0.182 e. The number of aliphatic hydroxyl groups excluding tert-OH is 1. The van der Waals surface area contributed by atoms with Crippen LogP contribution in [0.4, 0.5) is 0 Å². The van der Waals surface area contributed by atoms with Crippen molar-refractivity contribution in [2.24, 2.45) is 0 Å². The first kappa shape index (κ1) is 16.2. The Morgan fingerprint density at radius 3 is 3.04 bits per heavy atom. The van der Waals surface area contributed by atoms with Crippen molar-refractivity contribution < 1.29 is 9.84 Å². The highest BCUT2D eigenvalue weighted by molar-refractivity contribution is 5.92. The van der Waals surface area contributed by atoms with Crippen LogP contribution in [-0.4, -0.2) is 48.3 Å². The lowest BCUT2D eigenvalue weighted by atomic mass is 10.2. The molecule has 0 fully saturated rings. The van der Waals surface area contributed by atoms with Gasteiger partial charge in [0.05, 0.1) is 18.3 Å². The largest absolute Gasteiger partial charge is 0.494 e. The van der Waals surface area contributed by atoms with Crippen LogP contribution >= 0.6 is 0 Å². The Hall–Kier alpha value is -3.26. The zero-order valence-electron chi connectivity index (χ0n) is 14.3. The van der Waals surface area contributed by atoms with Crippen LogP contribution < -0.4 is 4.74 Å². The Morgan fingerprint density at radius 2 is 2.19 bits per heavy atom. The fourth-order valence-corrected chi connectivity index (χ4v) is 2.75. The van der Waals surface area contributed by atoms with E-state index in [0.29, 0.717) is 30.4 Å². The summed E-state index contributed by atoms with van der Waals surface area (Å²) in [5.41, 5.74) is 2.49. The summed E-state index contributed by atoms with van der Waals surface area (Å²) in [6.07, 6.45) is 5.80. The number of ether oxygens (including phenoxy) is 1. The number of aromatic nitrogens is 6. The zero-order valence-corrected chi connectivity index (χ0v) is 14.3. The van der Waals surface area contributed by atoms with Crippen LogP contribution in [0.15, 0.2) is 42.9 Å². The van der Waals surface area contributed by atoms with Crippen molar-refractivity contribution in [3.8, 4) is 23.1 Å². The molecule has 0 aliphatic carbocycles. The number of benzene rings is 1. The predicted molar refractivity (Wildman–Crippen MR) is 96.2 cm³/mol. The number of nitrogens with zero attached hydrogens (tertiary/aromatic N) is 5. The number of nitrogens with one attached hydrogen (secondary N) is 1. The van der Waals surface area contributed by atoms with Gasteiger partial charge in [-0.2, -0.15) is 10.2 Å². The summed E-state index contributed by atoms with van der Waals surface area (Å²) in [6, 6.07) is 7.54. The molecule has 0 radical (unpaired) electrons. The molecule has 8 nitrogen and oxygen atoms in total. The van der Waals surface area contributed by atoms with Gasteiger partial charge in [-0.1, -0.05) is 0 Å². The number of aromatic amines is 1. The van der Waals surface area contributed by atoms with Crippen LogP contribution in [0.25, 0.3) is 28.2 Å². The smallest absolute Gasteiger partial charge is 0.182 e. The van der Waals surface area contributed by atoms with Gasteiger partial charge in [0.25, 0.3) is 0 Å². The highest BCUT2D eigenvalue weighted by Crippen LogP contribution is 2.27. The van der Waals surface area contributed by atoms with Gasteiger partial charge < -0.3 is 9.84 Å². The zero-order chi connectivity index (χ0) is 17.9. The first-order chi connectivity index (χ1) is 12.8. The van der Waals surface area contributed by atoms with Crippen LogP contribution in [0.1, 0.15) is 12.5 Å². The second kappa shape index (κ2) is 6.93. The average Bonchev–Trinajstić information content (AvgIpc) is 3.29. The number of hydrogen-bond donors (Lipinski definition) is 2. The van der Waals surface area contributed by atoms with Crippen molar-refractivity contribution in [3.05, 3.63) is 48.4 Å². The molecule has 0 saturated heterocycles. The lowest BCUT2D eigenvalue weighted by Gasteiger charge is -2.04. The maximum absolute atomic E-state index is 9.05. The molecule has 132 valence electrons.